The molecule has 0 radical (unpaired) electrons. The molecule has 2 rings (SSSR count). The summed E-state index contributed by atoms with van der Waals surface area (Å²) >= 11 is 0. The van der Waals surface area contributed by atoms with Gasteiger partial charge in [-0.2, -0.15) is 0 Å². The van der Waals surface area contributed by atoms with Gasteiger partial charge < -0.3 is 5.32 Å². The molecular formula is C18H24N2. The van der Waals surface area contributed by atoms with E-state index < -0.39 is 0 Å². The highest BCUT2D eigenvalue weighted by Gasteiger charge is 2.20. The number of nitrogens with one attached hydrogen (secondary N) is 1. The van der Waals surface area contributed by atoms with Crippen molar-refractivity contribution in [3.05, 3.63) is 71.8 Å². The molecule has 0 amide bonds. The van der Waals surface area contributed by atoms with Crippen molar-refractivity contribution >= 4 is 0 Å². The highest BCUT2D eigenvalue weighted by molar-refractivity contribution is 5.31. The molecule has 1 N–H and O–H groups in total. The van der Waals surface area contributed by atoms with E-state index in [1.165, 1.54) is 11.1 Å². The summed E-state index contributed by atoms with van der Waals surface area (Å²) in [7, 11) is 2.01. The third-order valence-corrected chi connectivity index (χ3v) is 3.65. The maximum Gasteiger partial charge on any atom is 0.0602 e. The zero-order valence-electron chi connectivity index (χ0n) is 12.4. The zero-order valence-corrected chi connectivity index (χ0v) is 12.4. The fraction of sp³-hybridized carbons (Fsp3) is 0.333. The zero-order chi connectivity index (χ0) is 14.2. The van der Waals surface area contributed by atoms with Crippen LogP contribution in [0.5, 0.6) is 0 Å². The Labute approximate surface area is 122 Å². The lowest BCUT2D eigenvalue weighted by molar-refractivity contribution is 0.239. The van der Waals surface area contributed by atoms with Gasteiger partial charge in [0.1, 0.15) is 0 Å². The number of hydrogen-bond acceptors (Lipinski definition) is 2. The van der Waals surface area contributed by atoms with E-state index in [-0.39, 0.29) is 0 Å². The Kier molecular flexibility index (Phi) is 5.78. The number of likely N-dealkylation sites (N-methyl/N-ethyl adjacent to an activating group) is 2. The van der Waals surface area contributed by atoms with Gasteiger partial charge in [0.15, 0.2) is 0 Å². The van der Waals surface area contributed by atoms with E-state index in [2.05, 4.69) is 77.8 Å². The van der Waals surface area contributed by atoms with Crippen molar-refractivity contribution in [3.63, 3.8) is 0 Å². The number of hydrogen-bond donors (Lipinski definition) is 1. The molecule has 2 aromatic carbocycles. The van der Waals surface area contributed by atoms with E-state index in [9.17, 15) is 0 Å². The summed E-state index contributed by atoms with van der Waals surface area (Å²) < 4.78 is 0. The van der Waals surface area contributed by atoms with Crippen LogP contribution in [0, 0.1) is 0 Å². The Morgan fingerprint density at radius 1 is 0.900 bits per heavy atom. The SMILES string of the molecule is CCN(CCNC)C(c1ccccc1)c1ccccc1. The summed E-state index contributed by atoms with van der Waals surface area (Å²) in [6, 6.07) is 21.9. The van der Waals surface area contributed by atoms with Gasteiger partial charge in [-0.25, -0.2) is 0 Å². The molecule has 106 valence electrons. The second-order valence-corrected chi connectivity index (χ2v) is 4.96. The Bertz CT molecular complexity index is 442. The summed E-state index contributed by atoms with van der Waals surface area (Å²) in [4.78, 5) is 2.52. The number of benzene rings is 2. The van der Waals surface area contributed by atoms with Crippen molar-refractivity contribution in [2.45, 2.75) is 13.0 Å². The van der Waals surface area contributed by atoms with E-state index in [0.717, 1.165) is 19.6 Å². The first-order chi connectivity index (χ1) is 9.86. The first-order valence-corrected chi connectivity index (χ1v) is 7.35. The van der Waals surface area contributed by atoms with Gasteiger partial charge in [-0.1, -0.05) is 67.6 Å². The molecule has 0 fully saturated rings. The van der Waals surface area contributed by atoms with Gasteiger partial charge in [0.2, 0.25) is 0 Å². The van der Waals surface area contributed by atoms with Gasteiger partial charge >= 0.3 is 0 Å². The van der Waals surface area contributed by atoms with Crippen LogP contribution in [0.2, 0.25) is 0 Å². The molecule has 0 aliphatic heterocycles. The van der Waals surface area contributed by atoms with Crippen LogP contribution in [0.25, 0.3) is 0 Å². The standard InChI is InChI=1S/C18H24N2/c1-3-20(15-14-19-2)18(16-10-6-4-7-11-16)17-12-8-5-9-13-17/h4-13,18-19H,3,14-15H2,1-2H3. The molecule has 2 heteroatoms. The van der Waals surface area contributed by atoms with E-state index in [4.69, 9.17) is 0 Å². The molecule has 0 bridgehead atoms. The monoisotopic (exact) mass is 268 g/mol. The smallest absolute Gasteiger partial charge is 0.0602 e. The van der Waals surface area contributed by atoms with Crippen LogP contribution >= 0.6 is 0 Å². The van der Waals surface area contributed by atoms with E-state index in [1.807, 2.05) is 7.05 Å². The molecule has 0 saturated heterocycles. The lowest BCUT2D eigenvalue weighted by Gasteiger charge is -2.31. The van der Waals surface area contributed by atoms with Crippen molar-refractivity contribution in [1.29, 1.82) is 0 Å². The van der Waals surface area contributed by atoms with Gasteiger partial charge in [-0.3, -0.25) is 4.90 Å². The van der Waals surface area contributed by atoms with Crippen LogP contribution < -0.4 is 5.32 Å². The number of nitrogens with zero attached hydrogens (tertiary/aromatic N) is 1. The molecule has 0 aliphatic carbocycles. The van der Waals surface area contributed by atoms with Gasteiger partial charge in [0, 0.05) is 13.1 Å². The Balaban J connectivity index is 2.33. The van der Waals surface area contributed by atoms with Crippen LogP contribution in [-0.2, 0) is 0 Å². The minimum atomic E-state index is 0.329. The Hall–Kier alpha value is -1.64. The molecule has 2 nitrogen and oxygen atoms in total. The minimum Gasteiger partial charge on any atom is -0.318 e. The quantitative estimate of drug-likeness (QED) is 0.828. The average Bonchev–Trinajstić information content (AvgIpc) is 2.53. The molecular weight excluding hydrogens is 244 g/mol. The molecule has 0 atom stereocenters. The largest absolute Gasteiger partial charge is 0.318 e. The van der Waals surface area contributed by atoms with E-state index in [1.54, 1.807) is 0 Å². The van der Waals surface area contributed by atoms with Gasteiger partial charge in [0.05, 0.1) is 6.04 Å². The van der Waals surface area contributed by atoms with Crippen molar-refractivity contribution in [2.24, 2.45) is 0 Å². The van der Waals surface area contributed by atoms with Crippen molar-refractivity contribution in [1.82, 2.24) is 10.2 Å². The summed E-state index contributed by atoms with van der Waals surface area (Å²) in [6.07, 6.45) is 0. The second kappa shape index (κ2) is 7.83. The lowest BCUT2D eigenvalue weighted by atomic mass is 9.97. The van der Waals surface area contributed by atoms with Crippen LogP contribution in [0.4, 0.5) is 0 Å². The topological polar surface area (TPSA) is 15.3 Å². The van der Waals surface area contributed by atoms with Crippen molar-refractivity contribution in [3.8, 4) is 0 Å². The molecule has 0 spiro atoms. The molecule has 0 aliphatic rings. The van der Waals surface area contributed by atoms with Gasteiger partial charge in [0.25, 0.3) is 0 Å². The maximum atomic E-state index is 3.25. The minimum absolute atomic E-state index is 0.329. The van der Waals surface area contributed by atoms with E-state index in [0.29, 0.717) is 6.04 Å². The van der Waals surface area contributed by atoms with Crippen LogP contribution in [-0.4, -0.2) is 31.6 Å². The molecule has 0 heterocycles. The predicted molar refractivity (Wildman–Crippen MR) is 85.9 cm³/mol. The normalized spacial score (nSPS) is 11.2. The van der Waals surface area contributed by atoms with Crippen molar-refractivity contribution in [2.75, 3.05) is 26.7 Å². The third-order valence-electron chi connectivity index (χ3n) is 3.65. The highest BCUT2D eigenvalue weighted by atomic mass is 15.2. The highest BCUT2D eigenvalue weighted by Crippen LogP contribution is 2.27. The van der Waals surface area contributed by atoms with Crippen molar-refractivity contribution < 1.29 is 0 Å². The molecule has 2 aromatic rings. The third kappa shape index (κ3) is 3.69. The van der Waals surface area contributed by atoms with E-state index >= 15 is 0 Å². The van der Waals surface area contributed by atoms with Crippen LogP contribution in [0.15, 0.2) is 60.7 Å². The summed E-state index contributed by atoms with van der Waals surface area (Å²) in [6.45, 7) is 5.32. The molecule has 0 unspecified atom stereocenters. The molecule has 0 saturated carbocycles. The fourth-order valence-electron chi connectivity index (χ4n) is 2.61. The Morgan fingerprint density at radius 3 is 1.80 bits per heavy atom. The molecule has 0 aromatic heterocycles. The van der Waals surface area contributed by atoms with Crippen LogP contribution in [0.1, 0.15) is 24.1 Å². The molecule has 20 heavy (non-hydrogen) atoms. The predicted octanol–water partition coefficient (Wildman–Crippen LogP) is 3.32. The summed E-state index contributed by atoms with van der Waals surface area (Å²) in [5, 5.41) is 3.25. The lowest BCUT2D eigenvalue weighted by Crippen LogP contribution is -2.34. The summed E-state index contributed by atoms with van der Waals surface area (Å²) in [5.74, 6) is 0. The first-order valence-electron chi connectivity index (χ1n) is 7.35. The maximum absolute atomic E-state index is 3.25. The second-order valence-electron chi connectivity index (χ2n) is 4.96. The van der Waals surface area contributed by atoms with Gasteiger partial charge in [-0.15, -0.1) is 0 Å². The average molecular weight is 268 g/mol. The van der Waals surface area contributed by atoms with Crippen LogP contribution in [0.3, 0.4) is 0 Å². The Morgan fingerprint density at radius 2 is 1.40 bits per heavy atom. The number of rotatable bonds is 7. The first kappa shape index (κ1) is 14.8. The summed E-state index contributed by atoms with van der Waals surface area (Å²) in [5.41, 5.74) is 2.72. The fourth-order valence-corrected chi connectivity index (χ4v) is 2.61. The van der Waals surface area contributed by atoms with Gasteiger partial charge in [-0.05, 0) is 24.7 Å².